The maximum atomic E-state index is 11.0. The summed E-state index contributed by atoms with van der Waals surface area (Å²) < 4.78 is 0. The van der Waals surface area contributed by atoms with E-state index >= 15 is 0 Å². The molecule has 2 rings (SSSR count). The van der Waals surface area contributed by atoms with Crippen molar-refractivity contribution >= 4 is 17.3 Å². The van der Waals surface area contributed by atoms with E-state index in [1.54, 1.807) is 0 Å². The van der Waals surface area contributed by atoms with Crippen molar-refractivity contribution in [2.75, 3.05) is 11.1 Å². The largest absolute Gasteiger partial charge is 0.384 e. The number of anilines is 2. The molecule has 1 aromatic heterocycles. The molecule has 1 fully saturated rings. The lowest BCUT2D eigenvalue weighted by molar-refractivity contribution is -0.384. The molecule has 6 nitrogen and oxygen atoms in total. The summed E-state index contributed by atoms with van der Waals surface area (Å²) in [7, 11) is 0. The fourth-order valence-corrected chi connectivity index (χ4v) is 2.60. The Kier molecular flexibility index (Phi) is 4.19. The molecule has 1 saturated carbocycles. The molecule has 0 amide bonds. The van der Waals surface area contributed by atoms with Crippen molar-refractivity contribution in [1.82, 2.24) is 4.98 Å². The summed E-state index contributed by atoms with van der Waals surface area (Å²) in [6, 6.07) is 3.10. The van der Waals surface area contributed by atoms with Crippen LogP contribution in [0.5, 0.6) is 0 Å². The number of aromatic nitrogens is 1. The van der Waals surface area contributed by atoms with Crippen molar-refractivity contribution in [3.8, 4) is 0 Å². The third-order valence-corrected chi connectivity index (χ3v) is 3.78. The van der Waals surface area contributed by atoms with Crippen LogP contribution in [0.2, 0.25) is 0 Å². The number of nitrogen functional groups attached to an aromatic ring is 1. The van der Waals surface area contributed by atoms with Gasteiger partial charge in [0.05, 0.1) is 4.92 Å². The molecular formula is C13H20N4O2. The summed E-state index contributed by atoms with van der Waals surface area (Å²) in [5.74, 6) is 1.09. The van der Waals surface area contributed by atoms with Gasteiger partial charge in [0.1, 0.15) is 5.82 Å². The van der Waals surface area contributed by atoms with Crippen LogP contribution in [0.4, 0.5) is 17.3 Å². The van der Waals surface area contributed by atoms with E-state index in [1.807, 2.05) is 0 Å². The molecule has 1 heterocycles. The number of pyridine rings is 1. The lowest BCUT2D eigenvalue weighted by Gasteiger charge is -2.23. The Bertz CT molecular complexity index is 464. The first kappa shape index (κ1) is 13.6. The number of hydrogen-bond donors (Lipinski definition) is 2. The van der Waals surface area contributed by atoms with Crippen LogP contribution in [0.1, 0.15) is 39.0 Å². The van der Waals surface area contributed by atoms with Crippen LogP contribution in [0, 0.1) is 16.0 Å². The number of nitrogens with two attached hydrogens (primary N) is 1. The average molecular weight is 264 g/mol. The van der Waals surface area contributed by atoms with Crippen LogP contribution in [-0.2, 0) is 0 Å². The SMILES string of the molecule is CC1CCCCCC1Nc1nc(N)ccc1[N+](=O)[O-]. The summed E-state index contributed by atoms with van der Waals surface area (Å²) in [5.41, 5.74) is 5.62. The molecule has 104 valence electrons. The zero-order valence-electron chi connectivity index (χ0n) is 11.1. The predicted octanol–water partition coefficient (Wildman–Crippen LogP) is 2.95. The lowest BCUT2D eigenvalue weighted by atomic mass is 9.97. The molecule has 0 bridgehead atoms. The number of nitro groups is 1. The van der Waals surface area contributed by atoms with E-state index in [-0.39, 0.29) is 11.7 Å². The first-order valence-corrected chi connectivity index (χ1v) is 6.75. The molecule has 0 radical (unpaired) electrons. The molecule has 3 N–H and O–H groups in total. The Morgan fingerprint density at radius 2 is 2.11 bits per heavy atom. The van der Waals surface area contributed by atoms with Crippen LogP contribution < -0.4 is 11.1 Å². The van der Waals surface area contributed by atoms with Crippen LogP contribution in [0.15, 0.2) is 12.1 Å². The van der Waals surface area contributed by atoms with Gasteiger partial charge in [0.15, 0.2) is 0 Å². The lowest BCUT2D eigenvalue weighted by Crippen LogP contribution is -2.27. The van der Waals surface area contributed by atoms with Gasteiger partial charge in [-0.1, -0.05) is 26.2 Å². The number of rotatable bonds is 3. The monoisotopic (exact) mass is 264 g/mol. The second-order valence-electron chi connectivity index (χ2n) is 5.23. The van der Waals surface area contributed by atoms with Crippen LogP contribution >= 0.6 is 0 Å². The molecule has 2 unspecified atom stereocenters. The van der Waals surface area contributed by atoms with Gasteiger partial charge in [0.2, 0.25) is 5.82 Å². The van der Waals surface area contributed by atoms with Gasteiger partial charge in [-0.25, -0.2) is 4.98 Å². The fourth-order valence-electron chi connectivity index (χ4n) is 2.60. The van der Waals surface area contributed by atoms with E-state index in [4.69, 9.17) is 5.73 Å². The minimum absolute atomic E-state index is 0.00866. The Labute approximate surface area is 112 Å². The second kappa shape index (κ2) is 5.86. The molecule has 1 aromatic rings. The molecule has 0 saturated heterocycles. The predicted molar refractivity (Wildman–Crippen MR) is 75.0 cm³/mol. The molecule has 1 aliphatic carbocycles. The van der Waals surface area contributed by atoms with Gasteiger partial charge in [-0.2, -0.15) is 0 Å². The molecule has 6 heteroatoms. The minimum atomic E-state index is -0.420. The van der Waals surface area contributed by atoms with Gasteiger partial charge in [-0.3, -0.25) is 10.1 Å². The van der Waals surface area contributed by atoms with Crippen molar-refractivity contribution in [3.63, 3.8) is 0 Å². The van der Waals surface area contributed by atoms with Crippen molar-refractivity contribution in [2.24, 2.45) is 5.92 Å². The molecule has 0 aliphatic heterocycles. The van der Waals surface area contributed by atoms with E-state index in [0.717, 1.165) is 19.3 Å². The first-order valence-electron chi connectivity index (χ1n) is 6.75. The van der Waals surface area contributed by atoms with E-state index in [2.05, 4.69) is 17.2 Å². The maximum Gasteiger partial charge on any atom is 0.311 e. The number of nitrogens with one attached hydrogen (secondary N) is 1. The fraction of sp³-hybridized carbons (Fsp3) is 0.615. The molecule has 2 atom stereocenters. The smallest absolute Gasteiger partial charge is 0.311 e. The van der Waals surface area contributed by atoms with Gasteiger partial charge in [-0.05, 0) is 24.8 Å². The van der Waals surface area contributed by atoms with Crippen LogP contribution in [-0.4, -0.2) is 15.9 Å². The molecular weight excluding hydrogens is 244 g/mol. The van der Waals surface area contributed by atoms with Crippen molar-refractivity contribution < 1.29 is 4.92 Å². The van der Waals surface area contributed by atoms with Gasteiger partial charge >= 0.3 is 5.69 Å². The standard InChI is InChI=1S/C13H20N4O2/c1-9-5-3-2-4-6-10(9)15-13-11(17(18)19)7-8-12(14)16-13/h7-10H,2-6H2,1H3,(H3,14,15,16). The zero-order valence-corrected chi connectivity index (χ0v) is 11.1. The molecule has 0 aromatic carbocycles. The summed E-state index contributed by atoms with van der Waals surface area (Å²) in [4.78, 5) is 14.7. The van der Waals surface area contributed by atoms with Crippen molar-refractivity contribution in [2.45, 2.75) is 45.1 Å². The quantitative estimate of drug-likeness (QED) is 0.497. The number of hydrogen-bond acceptors (Lipinski definition) is 5. The topological polar surface area (TPSA) is 94.1 Å². The highest BCUT2D eigenvalue weighted by Crippen LogP contribution is 2.29. The normalized spacial score (nSPS) is 23.6. The summed E-state index contributed by atoms with van der Waals surface area (Å²) in [5, 5.41) is 14.2. The van der Waals surface area contributed by atoms with Crippen molar-refractivity contribution in [3.05, 3.63) is 22.2 Å². The van der Waals surface area contributed by atoms with Crippen LogP contribution in [0.3, 0.4) is 0 Å². The minimum Gasteiger partial charge on any atom is -0.384 e. The van der Waals surface area contributed by atoms with E-state index in [1.165, 1.54) is 25.0 Å². The maximum absolute atomic E-state index is 11.0. The first-order chi connectivity index (χ1) is 9.08. The molecule has 19 heavy (non-hydrogen) atoms. The highest BCUT2D eigenvalue weighted by atomic mass is 16.6. The van der Waals surface area contributed by atoms with Gasteiger partial charge in [0, 0.05) is 12.1 Å². The van der Waals surface area contributed by atoms with Crippen LogP contribution in [0.25, 0.3) is 0 Å². The Hall–Kier alpha value is -1.85. The van der Waals surface area contributed by atoms with E-state index in [9.17, 15) is 10.1 Å². The van der Waals surface area contributed by atoms with Crippen molar-refractivity contribution in [1.29, 1.82) is 0 Å². The summed E-state index contributed by atoms with van der Waals surface area (Å²) in [6.07, 6.45) is 5.78. The third kappa shape index (κ3) is 3.33. The zero-order chi connectivity index (χ0) is 13.8. The summed E-state index contributed by atoms with van der Waals surface area (Å²) in [6.45, 7) is 2.18. The highest BCUT2D eigenvalue weighted by molar-refractivity contribution is 5.59. The van der Waals surface area contributed by atoms with Gasteiger partial charge in [-0.15, -0.1) is 0 Å². The molecule has 0 spiro atoms. The third-order valence-electron chi connectivity index (χ3n) is 3.78. The Morgan fingerprint density at radius 1 is 1.37 bits per heavy atom. The Morgan fingerprint density at radius 3 is 2.84 bits per heavy atom. The Balaban J connectivity index is 2.21. The molecule has 1 aliphatic rings. The van der Waals surface area contributed by atoms with Gasteiger partial charge < -0.3 is 11.1 Å². The van der Waals surface area contributed by atoms with E-state index < -0.39 is 4.92 Å². The average Bonchev–Trinajstić information content (AvgIpc) is 2.55. The second-order valence-corrected chi connectivity index (χ2v) is 5.23. The highest BCUT2D eigenvalue weighted by Gasteiger charge is 2.24. The summed E-state index contributed by atoms with van der Waals surface area (Å²) >= 11 is 0. The van der Waals surface area contributed by atoms with E-state index in [0.29, 0.717) is 17.6 Å². The number of nitrogens with zero attached hydrogens (tertiary/aromatic N) is 2. The van der Waals surface area contributed by atoms with Gasteiger partial charge in [0.25, 0.3) is 0 Å².